The number of amides is 1. The molecular formula is C18H22N4O. The van der Waals surface area contributed by atoms with Crippen LogP contribution in [0.3, 0.4) is 0 Å². The summed E-state index contributed by atoms with van der Waals surface area (Å²) in [5.74, 6) is 1.16. The highest BCUT2D eigenvalue weighted by molar-refractivity contribution is 5.92. The molecule has 0 spiro atoms. The summed E-state index contributed by atoms with van der Waals surface area (Å²) in [6.07, 6.45) is 2.12. The van der Waals surface area contributed by atoms with Crippen molar-refractivity contribution in [3.63, 3.8) is 0 Å². The molecular weight excluding hydrogens is 288 g/mol. The minimum absolute atomic E-state index is 0.00138. The molecule has 0 saturated carbocycles. The quantitative estimate of drug-likeness (QED) is 0.944. The lowest BCUT2D eigenvalue weighted by Gasteiger charge is -2.30. The Balaban J connectivity index is 1.78. The summed E-state index contributed by atoms with van der Waals surface area (Å²) >= 11 is 0. The van der Waals surface area contributed by atoms with Gasteiger partial charge in [-0.3, -0.25) is 4.79 Å². The van der Waals surface area contributed by atoms with Crippen molar-refractivity contribution in [3.8, 4) is 0 Å². The van der Waals surface area contributed by atoms with Crippen LogP contribution in [0.25, 0.3) is 0 Å². The number of aryl methyl sites for hydroxylation is 1. The predicted molar refractivity (Wildman–Crippen MR) is 90.8 cm³/mol. The number of likely N-dealkylation sites (tertiary alicyclic amines) is 1. The van der Waals surface area contributed by atoms with Gasteiger partial charge in [-0.2, -0.15) is 0 Å². The number of nitrogens with zero attached hydrogens (tertiary/aromatic N) is 3. The van der Waals surface area contributed by atoms with Crippen LogP contribution in [0, 0.1) is 12.8 Å². The van der Waals surface area contributed by atoms with Crippen LogP contribution in [0.15, 0.2) is 36.4 Å². The van der Waals surface area contributed by atoms with Gasteiger partial charge in [0.1, 0.15) is 5.69 Å². The molecule has 1 aromatic heterocycles. The molecule has 1 fully saturated rings. The first kappa shape index (κ1) is 15.5. The molecule has 2 aromatic rings. The largest absolute Gasteiger partial charge is 0.337 e. The molecule has 1 aliphatic heterocycles. The monoisotopic (exact) mass is 310 g/mol. The van der Waals surface area contributed by atoms with E-state index in [-0.39, 0.29) is 5.91 Å². The molecule has 2 heterocycles. The van der Waals surface area contributed by atoms with E-state index < -0.39 is 0 Å². The van der Waals surface area contributed by atoms with Gasteiger partial charge < -0.3 is 10.2 Å². The Morgan fingerprint density at radius 2 is 1.87 bits per heavy atom. The van der Waals surface area contributed by atoms with Gasteiger partial charge in [0.15, 0.2) is 0 Å². The molecule has 0 radical (unpaired) electrons. The molecule has 3 rings (SSSR count). The smallest absolute Gasteiger partial charge is 0.272 e. The highest BCUT2D eigenvalue weighted by Crippen LogP contribution is 2.19. The predicted octanol–water partition coefficient (Wildman–Crippen LogP) is 3.40. The maximum atomic E-state index is 12.7. The molecule has 1 N–H and O–H groups in total. The van der Waals surface area contributed by atoms with Crippen molar-refractivity contribution < 1.29 is 4.79 Å². The van der Waals surface area contributed by atoms with Gasteiger partial charge in [-0.05, 0) is 43.9 Å². The van der Waals surface area contributed by atoms with Gasteiger partial charge >= 0.3 is 0 Å². The van der Waals surface area contributed by atoms with E-state index in [0.29, 0.717) is 17.6 Å². The lowest BCUT2D eigenvalue weighted by atomic mass is 9.99. The minimum atomic E-state index is -0.00138. The van der Waals surface area contributed by atoms with Crippen LogP contribution in [-0.4, -0.2) is 33.9 Å². The normalized spacial score (nSPS) is 15.5. The zero-order valence-corrected chi connectivity index (χ0v) is 13.6. The Bertz CT molecular complexity index is 679. The standard InChI is InChI=1S/C18H22N4O/c1-13-8-10-22(11-9-13)17(23)16-12-14(2)19-18(21-16)20-15-6-4-3-5-7-15/h3-7,12-13H,8-11H2,1-2H3,(H,19,20,21). The molecule has 1 aromatic carbocycles. The van der Waals surface area contributed by atoms with Crippen LogP contribution in [0.2, 0.25) is 0 Å². The number of hydrogen-bond acceptors (Lipinski definition) is 4. The molecule has 5 nitrogen and oxygen atoms in total. The van der Waals surface area contributed by atoms with Crippen LogP contribution in [0.1, 0.15) is 35.9 Å². The van der Waals surface area contributed by atoms with Crippen molar-refractivity contribution in [2.75, 3.05) is 18.4 Å². The number of piperidine rings is 1. The Morgan fingerprint density at radius 1 is 1.17 bits per heavy atom. The van der Waals surface area contributed by atoms with Crippen molar-refractivity contribution in [2.24, 2.45) is 5.92 Å². The zero-order valence-electron chi connectivity index (χ0n) is 13.6. The minimum Gasteiger partial charge on any atom is -0.337 e. The van der Waals surface area contributed by atoms with E-state index in [9.17, 15) is 4.79 Å². The molecule has 0 aliphatic carbocycles. The van der Waals surface area contributed by atoms with E-state index in [1.165, 1.54) is 0 Å². The first-order chi connectivity index (χ1) is 11.1. The van der Waals surface area contributed by atoms with Crippen LogP contribution in [0.4, 0.5) is 11.6 Å². The van der Waals surface area contributed by atoms with Gasteiger partial charge in [-0.25, -0.2) is 9.97 Å². The lowest BCUT2D eigenvalue weighted by Crippen LogP contribution is -2.38. The Kier molecular flexibility index (Phi) is 4.55. The molecule has 5 heteroatoms. The van der Waals surface area contributed by atoms with Gasteiger partial charge in [0.25, 0.3) is 5.91 Å². The second-order valence-electron chi connectivity index (χ2n) is 6.18. The fourth-order valence-electron chi connectivity index (χ4n) is 2.76. The molecule has 23 heavy (non-hydrogen) atoms. The van der Waals surface area contributed by atoms with Crippen LogP contribution >= 0.6 is 0 Å². The highest BCUT2D eigenvalue weighted by Gasteiger charge is 2.23. The van der Waals surface area contributed by atoms with E-state index in [0.717, 1.165) is 37.3 Å². The van der Waals surface area contributed by atoms with Crippen LogP contribution in [-0.2, 0) is 0 Å². The summed E-state index contributed by atoms with van der Waals surface area (Å²) in [5, 5.41) is 3.16. The van der Waals surface area contributed by atoms with E-state index >= 15 is 0 Å². The summed E-state index contributed by atoms with van der Waals surface area (Å²) in [6.45, 7) is 5.74. The number of carbonyl (C=O) groups excluding carboxylic acids is 1. The molecule has 120 valence electrons. The molecule has 1 amide bonds. The molecule has 1 saturated heterocycles. The van der Waals surface area contributed by atoms with Crippen molar-refractivity contribution in [3.05, 3.63) is 47.8 Å². The van der Waals surface area contributed by atoms with Gasteiger partial charge in [-0.1, -0.05) is 25.1 Å². The number of anilines is 2. The fourth-order valence-corrected chi connectivity index (χ4v) is 2.76. The number of aromatic nitrogens is 2. The number of nitrogens with one attached hydrogen (secondary N) is 1. The summed E-state index contributed by atoms with van der Waals surface area (Å²) in [6, 6.07) is 11.5. The SMILES string of the molecule is Cc1cc(C(=O)N2CCC(C)CC2)nc(Nc2ccccc2)n1. The topological polar surface area (TPSA) is 58.1 Å². The number of para-hydroxylation sites is 1. The van der Waals surface area contributed by atoms with Crippen LogP contribution < -0.4 is 5.32 Å². The first-order valence-corrected chi connectivity index (χ1v) is 8.09. The van der Waals surface area contributed by atoms with Gasteiger partial charge in [0, 0.05) is 24.5 Å². The zero-order chi connectivity index (χ0) is 16.2. The number of carbonyl (C=O) groups is 1. The fraction of sp³-hybridized carbons (Fsp3) is 0.389. The van der Waals surface area contributed by atoms with Gasteiger partial charge in [0.05, 0.1) is 0 Å². The summed E-state index contributed by atoms with van der Waals surface area (Å²) in [5.41, 5.74) is 2.15. The third-order valence-corrected chi connectivity index (χ3v) is 4.17. The summed E-state index contributed by atoms with van der Waals surface area (Å²) in [4.78, 5) is 23.4. The van der Waals surface area contributed by atoms with E-state index in [1.54, 1.807) is 6.07 Å². The maximum Gasteiger partial charge on any atom is 0.272 e. The van der Waals surface area contributed by atoms with Crippen LogP contribution in [0.5, 0.6) is 0 Å². The average Bonchev–Trinajstić information content (AvgIpc) is 2.55. The maximum absolute atomic E-state index is 12.7. The number of benzene rings is 1. The van der Waals surface area contributed by atoms with Crippen molar-refractivity contribution in [1.29, 1.82) is 0 Å². The van der Waals surface area contributed by atoms with E-state index in [1.807, 2.05) is 42.2 Å². The summed E-state index contributed by atoms with van der Waals surface area (Å²) < 4.78 is 0. The summed E-state index contributed by atoms with van der Waals surface area (Å²) in [7, 11) is 0. The third-order valence-electron chi connectivity index (χ3n) is 4.17. The Hall–Kier alpha value is -2.43. The van der Waals surface area contributed by atoms with E-state index in [4.69, 9.17) is 0 Å². The second-order valence-corrected chi connectivity index (χ2v) is 6.18. The molecule has 1 aliphatic rings. The average molecular weight is 310 g/mol. The Morgan fingerprint density at radius 3 is 2.57 bits per heavy atom. The lowest BCUT2D eigenvalue weighted by molar-refractivity contribution is 0.0691. The van der Waals surface area contributed by atoms with Crippen molar-refractivity contribution >= 4 is 17.5 Å². The molecule has 0 unspecified atom stereocenters. The van der Waals surface area contributed by atoms with Gasteiger partial charge in [0.2, 0.25) is 5.95 Å². The van der Waals surface area contributed by atoms with Crippen molar-refractivity contribution in [1.82, 2.24) is 14.9 Å². The second kappa shape index (κ2) is 6.77. The number of rotatable bonds is 3. The molecule has 0 bridgehead atoms. The first-order valence-electron chi connectivity index (χ1n) is 8.09. The Labute approximate surface area is 136 Å². The number of hydrogen-bond donors (Lipinski definition) is 1. The molecule has 0 atom stereocenters. The van der Waals surface area contributed by atoms with Crippen molar-refractivity contribution in [2.45, 2.75) is 26.7 Å². The van der Waals surface area contributed by atoms with E-state index in [2.05, 4.69) is 22.2 Å². The highest BCUT2D eigenvalue weighted by atomic mass is 16.2. The van der Waals surface area contributed by atoms with Gasteiger partial charge in [-0.15, -0.1) is 0 Å². The third kappa shape index (κ3) is 3.86.